The van der Waals surface area contributed by atoms with E-state index in [-0.39, 0.29) is 36.6 Å². The van der Waals surface area contributed by atoms with Gasteiger partial charge in [0.1, 0.15) is 17.7 Å². The molecular formula is C30H32F2N2O2. The predicted octanol–water partition coefficient (Wildman–Crippen LogP) is 5.60. The maximum absolute atomic E-state index is 14.7. The molecule has 0 spiro atoms. The number of nitrogens with one attached hydrogen (secondary N) is 1. The zero-order valence-electron chi connectivity index (χ0n) is 20.3. The molecule has 36 heavy (non-hydrogen) atoms. The third-order valence-electron chi connectivity index (χ3n) is 6.79. The highest BCUT2D eigenvalue weighted by Crippen LogP contribution is 2.21. The summed E-state index contributed by atoms with van der Waals surface area (Å²) in [7, 11) is 0. The largest absolute Gasteiger partial charge is 0.352 e. The third kappa shape index (κ3) is 7.00. The van der Waals surface area contributed by atoms with Crippen LogP contribution in [0.3, 0.4) is 0 Å². The van der Waals surface area contributed by atoms with Crippen molar-refractivity contribution in [2.75, 3.05) is 0 Å². The molecule has 1 N–H and O–H groups in total. The lowest BCUT2D eigenvalue weighted by atomic mass is 9.94. The summed E-state index contributed by atoms with van der Waals surface area (Å²) in [4.78, 5) is 28.8. The van der Waals surface area contributed by atoms with Gasteiger partial charge >= 0.3 is 0 Å². The number of nitrogens with zero attached hydrogens (tertiary/aromatic N) is 1. The lowest BCUT2D eigenvalue weighted by Crippen LogP contribution is -2.53. The van der Waals surface area contributed by atoms with Crippen LogP contribution in [0, 0.1) is 11.6 Å². The molecule has 0 aliphatic heterocycles. The predicted molar refractivity (Wildman–Crippen MR) is 136 cm³/mol. The number of hydrogen-bond donors (Lipinski definition) is 1. The Morgan fingerprint density at radius 3 is 2.19 bits per heavy atom. The molecule has 0 heterocycles. The molecule has 4 nitrogen and oxygen atoms in total. The first-order valence-corrected chi connectivity index (χ1v) is 12.6. The maximum Gasteiger partial charge on any atom is 0.243 e. The molecule has 1 atom stereocenters. The molecule has 3 aromatic carbocycles. The van der Waals surface area contributed by atoms with Gasteiger partial charge in [-0.25, -0.2) is 8.78 Å². The van der Waals surface area contributed by atoms with E-state index in [2.05, 4.69) is 5.32 Å². The summed E-state index contributed by atoms with van der Waals surface area (Å²) < 4.78 is 28.1. The minimum atomic E-state index is -0.818. The van der Waals surface area contributed by atoms with Gasteiger partial charge in [-0.1, -0.05) is 79.9 Å². The number of rotatable bonds is 9. The van der Waals surface area contributed by atoms with Crippen LogP contribution in [0.5, 0.6) is 0 Å². The van der Waals surface area contributed by atoms with Crippen molar-refractivity contribution >= 4 is 11.8 Å². The first-order chi connectivity index (χ1) is 17.5. The zero-order chi connectivity index (χ0) is 25.3. The molecule has 6 heteroatoms. The van der Waals surface area contributed by atoms with Crippen molar-refractivity contribution < 1.29 is 18.4 Å². The van der Waals surface area contributed by atoms with Crippen LogP contribution in [0.25, 0.3) is 0 Å². The van der Waals surface area contributed by atoms with Crippen molar-refractivity contribution in [1.29, 1.82) is 0 Å². The second-order valence-corrected chi connectivity index (χ2v) is 9.47. The zero-order valence-corrected chi connectivity index (χ0v) is 20.3. The Labute approximate surface area is 211 Å². The van der Waals surface area contributed by atoms with Gasteiger partial charge in [0.2, 0.25) is 11.8 Å². The van der Waals surface area contributed by atoms with Crippen molar-refractivity contribution in [3.05, 3.63) is 107 Å². The Kier molecular flexibility index (Phi) is 8.82. The van der Waals surface area contributed by atoms with Gasteiger partial charge in [0.25, 0.3) is 0 Å². The van der Waals surface area contributed by atoms with E-state index < -0.39 is 11.9 Å². The first kappa shape index (κ1) is 25.5. The Morgan fingerprint density at radius 2 is 1.50 bits per heavy atom. The van der Waals surface area contributed by atoms with E-state index in [0.29, 0.717) is 17.5 Å². The smallest absolute Gasteiger partial charge is 0.243 e. The van der Waals surface area contributed by atoms with Gasteiger partial charge in [0.05, 0.1) is 6.42 Å². The topological polar surface area (TPSA) is 49.4 Å². The van der Waals surface area contributed by atoms with Gasteiger partial charge in [-0.3, -0.25) is 9.59 Å². The average Bonchev–Trinajstić information content (AvgIpc) is 2.89. The number of hydrogen-bond acceptors (Lipinski definition) is 2. The second-order valence-electron chi connectivity index (χ2n) is 9.47. The number of amides is 2. The minimum absolute atomic E-state index is 0.0171. The Morgan fingerprint density at radius 1 is 0.833 bits per heavy atom. The van der Waals surface area contributed by atoms with E-state index in [1.54, 1.807) is 30.3 Å². The molecule has 188 valence electrons. The standard InChI is InChI=1S/C30H32F2N2O2/c31-25-17-15-23(16-18-25)20-29(35)34(21-24-11-7-8-14-27(24)32)28(19-22-9-3-1-4-10-22)30(36)33-26-12-5-2-6-13-26/h1,3-4,7-11,14-18,26,28H,2,5-6,12-13,19-21H2,(H,33,36)/t28-/m0/s1. The Balaban J connectivity index is 1.65. The number of benzene rings is 3. The van der Waals surface area contributed by atoms with Crippen molar-refractivity contribution in [3.63, 3.8) is 0 Å². The molecule has 1 saturated carbocycles. The summed E-state index contributed by atoms with van der Waals surface area (Å²) in [6, 6.07) is 20.8. The SMILES string of the molecule is O=C(NC1CCCCC1)[C@H](Cc1ccccc1)N(Cc1ccccc1F)C(=O)Cc1ccc(F)cc1. The van der Waals surface area contributed by atoms with Crippen molar-refractivity contribution in [2.24, 2.45) is 0 Å². The Bertz CT molecular complexity index is 1150. The van der Waals surface area contributed by atoms with Crippen LogP contribution < -0.4 is 5.32 Å². The maximum atomic E-state index is 14.7. The van der Waals surface area contributed by atoms with Crippen LogP contribution in [0.1, 0.15) is 48.8 Å². The number of halogens is 2. The highest BCUT2D eigenvalue weighted by atomic mass is 19.1. The van der Waals surface area contributed by atoms with E-state index in [4.69, 9.17) is 0 Å². The molecule has 0 radical (unpaired) electrons. The van der Waals surface area contributed by atoms with E-state index >= 15 is 0 Å². The van der Waals surface area contributed by atoms with E-state index in [9.17, 15) is 18.4 Å². The van der Waals surface area contributed by atoms with Gasteiger partial charge in [-0.05, 0) is 42.2 Å². The van der Waals surface area contributed by atoms with E-state index in [1.807, 2.05) is 30.3 Å². The van der Waals surface area contributed by atoms with Crippen molar-refractivity contribution in [1.82, 2.24) is 10.2 Å². The molecule has 3 aromatic rings. The van der Waals surface area contributed by atoms with Gasteiger partial charge in [0, 0.05) is 24.6 Å². The molecule has 1 fully saturated rings. The van der Waals surface area contributed by atoms with Gasteiger partial charge in [-0.2, -0.15) is 0 Å². The fourth-order valence-corrected chi connectivity index (χ4v) is 4.79. The first-order valence-electron chi connectivity index (χ1n) is 12.6. The summed E-state index contributed by atoms with van der Waals surface area (Å²) in [5.41, 5.74) is 1.88. The highest BCUT2D eigenvalue weighted by Gasteiger charge is 2.32. The monoisotopic (exact) mass is 490 g/mol. The molecule has 4 rings (SSSR count). The van der Waals surface area contributed by atoms with Crippen LogP contribution in [0.4, 0.5) is 8.78 Å². The van der Waals surface area contributed by atoms with E-state index in [1.165, 1.54) is 23.1 Å². The molecular weight excluding hydrogens is 458 g/mol. The van der Waals surface area contributed by atoms with Crippen LogP contribution in [-0.4, -0.2) is 28.8 Å². The van der Waals surface area contributed by atoms with Gasteiger partial charge in [0.15, 0.2) is 0 Å². The van der Waals surface area contributed by atoms with Crippen LogP contribution >= 0.6 is 0 Å². The fourth-order valence-electron chi connectivity index (χ4n) is 4.79. The summed E-state index contributed by atoms with van der Waals surface area (Å²) in [5.74, 6) is -1.36. The summed E-state index contributed by atoms with van der Waals surface area (Å²) in [6.07, 6.45) is 5.42. The second kappa shape index (κ2) is 12.4. The van der Waals surface area contributed by atoms with Crippen molar-refractivity contribution in [3.8, 4) is 0 Å². The molecule has 0 saturated heterocycles. The van der Waals surface area contributed by atoms with E-state index in [0.717, 1.165) is 37.7 Å². The molecule has 2 amide bonds. The molecule has 1 aliphatic rings. The number of carbonyl (C=O) groups excluding carboxylic acids is 2. The van der Waals surface area contributed by atoms with Crippen LogP contribution in [-0.2, 0) is 29.0 Å². The highest BCUT2D eigenvalue weighted by molar-refractivity contribution is 5.89. The molecule has 0 unspecified atom stereocenters. The Hall–Kier alpha value is -3.54. The molecule has 0 aromatic heterocycles. The average molecular weight is 491 g/mol. The molecule has 1 aliphatic carbocycles. The normalized spacial score (nSPS) is 14.7. The summed E-state index contributed by atoms with van der Waals surface area (Å²) >= 11 is 0. The van der Waals surface area contributed by atoms with Crippen molar-refractivity contribution in [2.45, 2.75) is 63.6 Å². The van der Waals surface area contributed by atoms with Gasteiger partial charge < -0.3 is 10.2 Å². The van der Waals surface area contributed by atoms with Crippen LogP contribution in [0.2, 0.25) is 0 Å². The number of carbonyl (C=O) groups is 2. The third-order valence-corrected chi connectivity index (χ3v) is 6.79. The van der Waals surface area contributed by atoms with Gasteiger partial charge in [-0.15, -0.1) is 0 Å². The lowest BCUT2D eigenvalue weighted by molar-refractivity contribution is -0.141. The quantitative estimate of drug-likeness (QED) is 0.425. The lowest BCUT2D eigenvalue weighted by Gasteiger charge is -2.33. The summed E-state index contributed by atoms with van der Waals surface area (Å²) in [5, 5.41) is 3.17. The fraction of sp³-hybridized carbons (Fsp3) is 0.333. The van der Waals surface area contributed by atoms with Crippen LogP contribution in [0.15, 0.2) is 78.9 Å². The minimum Gasteiger partial charge on any atom is -0.352 e. The molecule has 0 bridgehead atoms. The summed E-state index contributed by atoms with van der Waals surface area (Å²) in [6.45, 7) is -0.0394.